The molecular weight excluding hydrogens is 251 g/mol. The van der Waals surface area contributed by atoms with Crippen LogP contribution in [0, 0.1) is 0 Å². The zero-order chi connectivity index (χ0) is 14.0. The van der Waals surface area contributed by atoms with E-state index in [1.54, 1.807) is 0 Å². The molecule has 0 aliphatic heterocycles. The zero-order valence-electron chi connectivity index (χ0n) is 11.7. The third kappa shape index (κ3) is 1.95. The molecule has 2 aromatic rings. The molecule has 104 valence electrons. The minimum absolute atomic E-state index is 0.490. The topological polar surface area (TPSA) is 9.23 Å². The highest BCUT2D eigenvalue weighted by Gasteiger charge is 2.47. The second kappa shape index (κ2) is 5.37. The lowest BCUT2D eigenvalue weighted by Gasteiger charge is -2.41. The third-order valence-corrected chi connectivity index (χ3v) is 4.10. The molecule has 0 N–H and O–H groups in total. The van der Waals surface area contributed by atoms with Crippen LogP contribution in [0.15, 0.2) is 54.6 Å². The fourth-order valence-electron chi connectivity index (χ4n) is 3.26. The van der Waals surface area contributed by atoms with Crippen molar-refractivity contribution in [3.8, 4) is 0 Å². The number of benzene rings is 2. The molecule has 1 aliphatic carbocycles. The maximum atomic E-state index is 14.9. The monoisotopic (exact) mass is 270 g/mol. The normalized spacial score (nSPS) is 25.2. The van der Waals surface area contributed by atoms with Crippen LogP contribution in [0.5, 0.6) is 0 Å². The van der Waals surface area contributed by atoms with Crippen molar-refractivity contribution < 1.29 is 9.13 Å². The van der Waals surface area contributed by atoms with E-state index in [2.05, 4.69) is 6.07 Å². The summed E-state index contributed by atoms with van der Waals surface area (Å²) in [6, 6.07) is 17.8. The Morgan fingerprint density at radius 3 is 2.55 bits per heavy atom. The summed E-state index contributed by atoms with van der Waals surface area (Å²) in [6.07, 6.45) is 0.269. The molecule has 2 heteroatoms. The lowest BCUT2D eigenvalue weighted by atomic mass is 9.73. The van der Waals surface area contributed by atoms with Gasteiger partial charge in [0.25, 0.3) is 0 Å². The maximum absolute atomic E-state index is 14.9. The average Bonchev–Trinajstić information content (AvgIpc) is 2.51. The van der Waals surface area contributed by atoms with E-state index in [0.29, 0.717) is 13.0 Å². The molecule has 0 saturated heterocycles. The van der Waals surface area contributed by atoms with Gasteiger partial charge in [-0.1, -0.05) is 54.6 Å². The Kier molecular flexibility index (Phi) is 3.58. The highest BCUT2D eigenvalue weighted by molar-refractivity contribution is 5.45. The van der Waals surface area contributed by atoms with E-state index in [-0.39, 0.29) is 0 Å². The second-order valence-electron chi connectivity index (χ2n) is 5.20. The van der Waals surface area contributed by atoms with Crippen LogP contribution in [0.4, 0.5) is 4.39 Å². The van der Waals surface area contributed by atoms with Crippen molar-refractivity contribution in [2.24, 2.45) is 0 Å². The molecule has 2 atom stereocenters. The quantitative estimate of drug-likeness (QED) is 0.810. The van der Waals surface area contributed by atoms with Gasteiger partial charge in [-0.15, -0.1) is 0 Å². The van der Waals surface area contributed by atoms with Crippen molar-refractivity contribution in [2.45, 2.75) is 31.5 Å². The van der Waals surface area contributed by atoms with E-state index >= 15 is 0 Å². The SMILES string of the molecule is CCO[C@]1(c2ccccc2)c2ccccc2CC[C@@H]1F. The summed E-state index contributed by atoms with van der Waals surface area (Å²) < 4.78 is 20.9. The number of hydrogen-bond donors (Lipinski definition) is 0. The molecule has 3 rings (SSSR count). The molecule has 0 spiro atoms. The zero-order valence-corrected chi connectivity index (χ0v) is 11.7. The molecule has 0 fully saturated rings. The van der Waals surface area contributed by atoms with E-state index in [0.717, 1.165) is 17.5 Å². The van der Waals surface area contributed by atoms with Crippen LogP contribution in [-0.2, 0) is 16.8 Å². The van der Waals surface area contributed by atoms with Gasteiger partial charge in [0, 0.05) is 6.61 Å². The fourth-order valence-corrected chi connectivity index (χ4v) is 3.26. The fraction of sp³-hybridized carbons (Fsp3) is 0.333. The predicted octanol–water partition coefficient (Wildman–Crippen LogP) is 4.25. The molecule has 1 aliphatic rings. The molecule has 0 unspecified atom stereocenters. The van der Waals surface area contributed by atoms with Crippen molar-refractivity contribution in [1.82, 2.24) is 0 Å². The van der Waals surface area contributed by atoms with E-state index in [1.165, 1.54) is 5.56 Å². The van der Waals surface area contributed by atoms with Crippen LogP contribution >= 0.6 is 0 Å². The second-order valence-corrected chi connectivity index (χ2v) is 5.20. The Morgan fingerprint density at radius 1 is 1.10 bits per heavy atom. The minimum Gasteiger partial charge on any atom is -0.363 e. The lowest BCUT2D eigenvalue weighted by Crippen LogP contribution is -2.44. The van der Waals surface area contributed by atoms with Gasteiger partial charge in [0.15, 0.2) is 0 Å². The first-order valence-electron chi connectivity index (χ1n) is 7.21. The van der Waals surface area contributed by atoms with Gasteiger partial charge in [-0.05, 0) is 36.5 Å². The standard InChI is InChI=1S/C18H19FO/c1-2-20-18(15-9-4-3-5-10-15)16-11-7-6-8-14(16)12-13-17(18)19/h3-11,17H,2,12-13H2,1H3/t17-,18+/m0/s1. The van der Waals surface area contributed by atoms with E-state index in [1.807, 2.05) is 55.5 Å². The summed E-state index contributed by atoms with van der Waals surface area (Å²) in [7, 11) is 0. The van der Waals surface area contributed by atoms with Crippen molar-refractivity contribution in [3.05, 3.63) is 71.3 Å². The Bertz CT molecular complexity index is 581. The van der Waals surface area contributed by atoms with Gasteiger partial charge in [-0.25, -0.2) is 4.39 Å². The Labute approximate surface area is 119 Å². The summed E-state index contributed by atoms with van der Waals surface area (Å²) in [5, 5.41) is 0. The number of alkyl halides is 1. The predicted molar refractivity (Wildman–Crippen MR) is 78.5 cm³/mol. The van der Waals surface area contributed by atoms with Crippen LogP contribution in [0.1, 0.15) is 30.0 Å². The van der Waals surface area contributed by atoms with Gasteiger partial charge in [0.2, 0.25) is 0 Å². The number of rotatable bonds is 3. The van der Waals surface area contributed by atoms with Gasteiger partial charge in [0.05, 0.1) is 0 Å². The Balaban J connectivity index is 2.23. The summed E-state index contributed by atoms with van der Waals surface area (Å²) in [5.41, 5.74) is 2.12. The van der Waals surface area contributed by atoms with E-state index < -0.39 is 11.8 Å². The van der Waals surface area contributed by atoms with Crippen molar-refractivity contribution in [3.63, 3.8) is 0 Å². The molecule has 0 amide bonds. The smallest absolute Gasteiger partial charge is 0.149 e. The van der Waals surface area contributed by atoms with Crippen LogP contribution in [0.25, 0.3) is 0 Å². The first kappa shape index (κ1) is 13.3. The molecule has 0 radical (unpaired) electrons. The van der Waals surface area contributed by atoms with Crippen molar-refractivity contribution in [1.29, 1.82) is 0 Å². The molecule has 0 heterocycles. The van der Waals surface area contributed by atoms with Crippen LogP contribution < -0.4 is 0 Å². The van der Waals surface area contributed by atoms with Crippen LogP contribution in [-0.4, -0.2) is 12.8 Å². The van der Waals surface area contributed by atoms with Gasteiger partial charge in [0.1, 0.15) is 11.8 Å². The molecule has 0 aromatic heterocycles. The number of ether oxygens (including phenoxy) is 1. The van der Waals surface area contributed by atoms with Gasteiger partial charge in [-0.2, -0.15) is 0 Å². The summed E-state index contributed by atoms with van der Waals surface area (Å²) in [4.78, 5) is 0. The highest BCUT2D eigenvalue weighted by Crippen LogP contribution is 2.45. The van der Waals surface area contributed by atoms with Crippen LogP contribution in [0.3, 0.4) is 0 Å². The van der Waals surface area contributed by atoms with E-state index in [4.69, 9.17) is 4.74 Å². The molecule has 0 bridgehead atoms. The Hall–Kier alpha value is -1.67. The van der Waals surface area contributed by atoms with Crippen molar-refractivity contribution >= 4 is 0 Å². The lowest BCUT2D eigenvalue weighted by molar-refractivity contribution is -0.0757. The maximum Gasteiger partial charge on any atom is 0.149 e. The van der Waals surface area contributed by atoms with E-state index in [9.17, 15) is 4.39 Å². The third-order valence-electron chi connectivity index (χ3n) is 4.10. The van der Waals surface area contributed by atoms with Gasteiger partial charge in [-0.3, -0.25) is 0 Å². The molecular formula is C18H19FO. The molecule has 20 heavy (non-hydrogen) atoms. The van der Waals surface area contributed by atoms with Gasteiger partial charge >= 0.3 is 0 Å². The summed E-state index contributed by atoms with van der Waals surface area (Å²) >= 11 is 0. The minimum atomic E-state index is -1.01. The van der Waals surface area contributed by atoms with Gasteiger partial charge < -0.3 is 4.74 Å². The largest absolute Gasteiger partial charge is 0.363 e. The number of halogens is 1. The first-order chi connectivity index (χ1) is 9.79. The Morgan fingerprint density at radius 2 is 1.80 bits per heavy atom. The average molecular weight is 270 g/mol. The number of hydrogen-bond acceptors (Lipinski definition) is 1. The number of fused-ring (bicyclic) bond motifs is 1. The summed E-state index contributed by atoms with van der Waals surface area (Å²) in [5.74, 6) is 0. The number of aryl methyl sites for hydroxylation is 1. The first-order valence-corrected chi connectivity index (χ1v) is 7.21. The molecule has 1 nitrogen and oxygen atoms in total. The molecule has 2 aromatic carbocycles. The summed E-state index contributed by atoms with van der Waals surface area (Å²) in [6.45, 7) is 2.41. The van der Waals surface area contributed by atoms with Crippen LogP contribution in [0.2, 0.25) is 0 Å². The highest BCUT2D eigenvalue weighted by atomic mass is 19.1. The molecule has 0 saturated carbocycles. The van der Waals surface area contributed by atoms with Crippen molar-refractivity contribution in [2.75, 3.05) is 6.61 Å².